The maximum atomic E-state index is 5.65. The van der Waals surface area contributed by atoms with Gasteiger partial charge in [0.15, 0.2) is 0 Å². The second-order valence-electron chi connectivity index (χ2n) is 3.75. The maximum absolute atomic E-state index is 5.65. The first kappa shape index (κ1) is 9.20. The van der Waals surface area contributed by atoms with Gasteiger partial charge in [0, 0.05) is 23.3 Å². The van der Waals surface area contributed by atoms with E-state index >= 15 is 0 Å². The van der Waals surface area contributed by atoms with E-state index in [-0.39, 0.29) is 5.41 Å². The van der Waals surface area contributed by atoms with Crippen molar-refractivity contribution in [2.75, 3.05) is 6.54 Å². The highest BCUT2D eigenvalue weighted by Crippen LogP contribution is 2.19. The molecule has 1 aromatic heterocycles. The Morgan fingerprint density at radius 1 is 1.42 bits per heavy atom. The standard InChI is InChI=1S/C10H16N2/c1-8-5-4-6-9(12-8)10(2,3)7-11/h4-6H,7,11H2,1-3H3. The molecular formula is C10H16N2. The Kier molecular flexibility index (Phi) is 2.48. The van der Waals surface area contributed by atoms with Gasteiger partial charge in [-0.1, -0.05) is 19.9 Å². The van der Waals surface area contributed by atoms with Gasteiger partial charge in [-0.2, -0.15) is 0 Å². The third kappa shape index (κ3) is 1.83. The molecule has 1 aromatic rings. The van der Waals surface area contributed by atoms with E-state index in [0.717, 1.165) is 11.4 Å². The predicted molar refractivity (Wildman–Crippen MR) is 51.1 cm³/mol. The zero-order valence-electron chi connectivity index (χ0n) is 7.96. The molecule has 2 N–H and O–H groups in total. The molecule has 66 valence electrons. The molecule has 0 fully saturated rings. The van der Waals surface area contributed by atoms with Gasteiger partial charge in [0.1, 0.15) is 0 Å². The van der Waals surface area contributed by atoms with Gasteiger partial charge in [-0.15, -0.1) is 0 Å². The Balaban J connectivity index is 3.03. The fourth-order valence-corrected chi connectivity index (χ4v) is 1.02. The molecule has 1 rings (SSSR count). The number of hydrogen-bond acceptors (Lipinski definition) is 2. The van der Waals surface area contributed by atoms with E-state index < -0.39 is 0 Å². The van der Waals surface area contributed by atoms with E-state index in [0.29, 0.717) is 6.54 Å². The van der Waals surface area contributed by atoms with Crippen molar-refractivity contribution < 1.29 is 0 Å². The first-order chi connectivity index (χ1) is 5.56. The average molecular weight is 164 g/mol. The Labute approximate surface area is 73.8 Å². The van der Waals surface area contributed by atoms with Crippen LogP contribution >= 0.6 is 0 Å². The van der Waals surface area contributed by atoms with E-state index in [4.69, 9.17) is 5.73 Å². The molecule has 0 radical (unpaired) electrons. The molecule has 1 heterocycles. The van der Waals surface area contributed by atoms with Crippen LogP contribution in [0.5, 0.6) is 0 Å². The zero-order chi connectivity index (χ0) is 9.19. The summed E-state index contributed by atoms with van der Waals surface area (Å²) >= 11 is 0. The molecule has 0 aliphatic heterocycles. The van der Waals surface area contributed by atoms with Gasteiger partial charge in [-0.25, -0.2) is 0 Å². The summed E-state index contributed by atoms with van der Waals surface area (Å²) in [6.07, 6.45) is 0. The number of rotatable bonds is 2. The second-order valence-corrected chi connectivity index (χ2v) is 3.75. The first-order valence-electron chi connectivity index (χ1n) is 4.20. The van der Waals surface area contributed by atoms with Crippen molar-refractivity contribution in [2.45, 2.75) is 26.2 Å². The van der Waals surface area contributed by atoms with Crippen LogP contribution in [-0.4, -0.2) is 11.5 Å². The number of nitrogens with two attached hydrogens (primary N) is 1. The summed E-state index contributed by atoms with van der Waals surface area (Å²) in [5.74, 6) is 0. The average Bonchev–Trinajstić information content (AvgIpc) is 2.05. The highest BCUT2D eigenvalue weighted by Gasteiger charge is 2.19. The molecule has 12 heavy (non-hydrogen) atoms. The molecule has 0 amide bonds. The van der Waals surface area contributed by atoms with Crippen LogP contribution in [-0.2, 0) is 5.41 Å². The fraction of sp³-hybridized carbons (Fsp3) is 0.500. The summed E-state index contributed by atoms with van der Waals surface area (Å²) < 4.78 is 0. The number of aromatic nitrogens is 1. The van der Waals surface area contributed by atoms with Gasteiger partial charge in [0.2, 0.25) is 0 Å². The summed E-state index contributed by atoms with van der Waals surface area (Å²) in [5.41, 5.74) is 7.76. The monoisotopic (exact) mass is 164 g/mol. The summed E-state index contributed by atoms with van der Waals surface area (Å²) in [5, 5.41) is 0. The normalized spacial score (nSPS) is 11.7. The highest BCUT2D eigenvalue weighted by atomic mass is 14.7. The maximum Gasteiger partial charge on any atom is 0.0475 e. The third-order valence-corrected chi connectivity index (χ3v) is 2.09. The number of nitrogens with zero attached hydrogens (tertiary/aromatic N) is 1. The SMILES string of the molecule is Cc1cccc(C(C)(C)CN)n1. The van der Waals surface area contributed by atoms with E-state index in [2.05, 4.69) is 18.8 Å². The van der Waals surface area contributed by atoms with E-state index in [9.17, 15) is 0 Å². The van der Waals surface area contributed by atoms with Crippen molar-refractivity contribution in [3.8, 4) is 0 Å². The Morgan fingerprint density at radius 3 is 2.58 bits per heavy atom. The molecular weight excluding hydrogens is 148 g/mol. The molecule has 2 nitrogen and oxygen atoms in total. The van der Waals surface area contributed by atoms with Crippen LogP contribution in [0.15, 0.2) is 18.2 Å². The van der Waals surface area contributed by atoms with E-state index in [1.807, 2.05) is 25.1 Å². The van der Waals surface area contributed by atoms with Crippen molar-refractivity contribution in [3.63, 3.8) is 0 Å². The van der Waals surface area contributed by atoms with Crippen LogP contribution < -0.4 is 5.73 Å². The van der Waals surface area contributed by atoms with Crippen molar-refractivity contribution in [1.29, 1.82) is 0 Å². The lowest BCUT2D eigenvalue weighted by atomic mass is 9.89. The minimum atomic E-state index is -0.00792. The summed E-state index contributed by atoms with van der Waals surface area (Å²) in [7, 11) is 0. The second kappa shape index (κ2) is 3.23. The summed E-state index contributed by atoms with van der Waals surface area (Å²) in [6.45, 7) is 6.84. The van der Waals surface area contributed by atoms with Gasteiger partial charge < -0.3 is 5.73 Å². The number of aryl methyl sites for hydroxylation is 1. The van der Waals surface area contributed by atoms with Crippen molar-refractivity contribution in [1.82, 2.24) is 4.98 Å². The molecule has 0 aromatic carbocycles. The summed E-state index contributed by atoms with van der Waals surface area (Å²) in [4.78, 5) is 4.44. The van der Waals surface area contributed by atoms with Crippen molar-refractivity contribution >= 4 is 0 Å². The molecule has 0 aliphatic carbocycles. The van der Waals surface area contributed by atoms with Crippen LogP contribution in [0, 0.1) is 6.92 Å². The van der Waals surface area contributed by atoms with E-state index in [1.54, 1.807) is 0 Å². The molecule has 0 saturated heterocycles. The number of hydrogen-bond donors (Lipinski definition) is 1. The lowest BCUT2D eigenvalue weighted by molar-refractivity contribution is 0.520. The summed E-state index contributed by atoms with van der Waals surface area (Å²) in [6, 6.07) is 6.05. The fourth-order valence-electron chi connectivity index (χ4n) is 1.02. The predicted octanol–water partition coefficient (Wildman–Crippen LogP) is 1.63. The van der Waals surface area contributed by atoms with Gasteiger partial charge >= 0.3 is 0 Å². The van der Waals surface area contributed by atoms with Crippen LogP contribution in [0.4, 0.5) is 0 Å². The largest absolute Gasteiger partial charge is 0.330 e. The van der Waals surface area contributed by atoms with Crippen LogP contribution in [0.3, 0.4) is 0 Å². The smallest absolute Gasteiger partial charge is 0.0475 e. The Morgan fingerprint density at radius 2 is 2.08 bits per heavy atom. The molecule has 0 atom stereocenters. The lowest BCUT2D eigenvalue weighted by Gasteiger charge is -2.21. The molecule has 0 bridgehead atoms. The van der Waals surface area contributed by atoms with Gasteiger partial charge in [-0.3, -0.25) is 4.98 Å². The quantitative estimate of drug-likeness (QED) is 0.721. The highest BCUT2D eigenvalue weighted by molar-refractivity contribution is 5.18. The minimum Gasteiger partial charge on any atom is -0.330 e. The van der Waals surface area contributed by atoms with Gasteiger partial charge in [0.25, 0.3) is 0 Å². The topological polar surface area (TPSA) is 38.9 Å². The van der Waals surface area contributed by atoms with Crippen molar-refractivity contribution in [2.24, 2.45) is 5.73 Å². The molecule has 0 aliphatic rings. The van der Waals surface area contributed by atoms with Crippen molar-refractivity contribution in [3.05, 3.63) is 29.6 Å². The minimum absolute atomic E-state index is 0.00792. The number of pyridine rings is 1. The molecule has 2 heteroatoms. The van der Waals surface area contributed by atoms with E-state index in [1.165, 1.54) is 0 Å². The third-order valence-electron chi connectivity index (χ3n) is 2.09. The van der Waals surface area contributed by atoms with Gasteiger partial charge in [0.05, 0.1) is 0 Å². The molecule has 0 spiro atoms. The van der Waals surface area contributed by atoms with Crippen LogP contribution in [0.2, 0.25) is 0 Å². The zero-order valence-corrected chi connectivity index (χ0v) is 7.96. The molecule has 0 saturated carbocycles. The Bertz CT molecular complexity index is 266. The molecule has 0 unspecified atom stereocenters. The lowest BCUT2D eigenvalue weighted by Crippen LogP contribution is -2.29. The van der Waals surface area contributed by atoms with Crippen LogP contribution in [0.25, 0.3) is 0 Å². The van der Waals surface area contributed by atoms with Crippen LogP contribution in [0.1, 0.15) is 25.2 Å². The van der Waals surface area contributed by atoms with Gasteiger partial charge in [-0.05, 0) is 19.1 Å². The Hall–Kier alpha value is -0.890. The first-order valence-corrected chi connectivity index (χ1v) is 4.20.